The minimum Gasteiger partial charge on any atom is -0.384 e. The number of nitro benzene ring substituents is 2. The minimum absolute atomic E-state index is 0. The summed E-state index contributed by atoms with van der Waals surface area (Å²) in [5, 5.41) is 24.3. The first-order chi connectivity index (χ1) is 8.19. The van der Waals surface area contributed by atoms with Crippen LogP contribution in [-0.4, -0.2) is 16.4 Å². The number of rotatable bonds is 4. The molecule has 7 nitrogen and oxygen atoms in total. The van der Waals surface area contributed by atoms with Crippen LogP contribution < -0.4 is 5.32 Å². The molecule has 0 fully saturated rings. The summed E-state index contributed by atoms with van der Waals surface area (Å²) < 4.78 is 0. The summed E-state index contributed by atoms with van der Waals surface area (Å²) in [6.07, 6.45) is 0. The Hall–Kier alpha value is -2.18. The van der Waals surface area contributed by atoms with E-state index in [1.165, 1.54) is 12.1 Å². The molecule has 1 N–H and O–H groups in total. The van der Waals surface area contributed by atoms with E-state index in [1.807, 2.05) is 20.8 Å². The molecule has 1 rings (SSSR count). The number of nitro groups is 2. The molecule has 0 aromatic heterocycles. The molecule has 0 aliphatic heterocycles. The molecular formula is C12H19N3O4. The topological polar surface area (TPSA) is 98.3 Å². The number of anilines is 1. The van der Waals surface area contributed by atoms with E-state index in [9.17, 15) is 20.2 Å². The smallest absolute Gasteiger partial charge is 0.278 e. The van der Waals surface area contributed by atoms with Crippen molar-refractivity contribution in [1.29, 1.82) is 0 Å². The maximum atomic E-state index is 10.7. The van der Waals surface area contributed by atoms with Crippen LogP contribution in [0.1, 0.15) is 28.2 Å². The molecule has 19 heavy (non-hydrogen) atoms. The number of hydrogen-bond donors (Lipinski definition) is 1. The van der Waals surface area contributed by atoms with E-state index in [-0.39, 0.29) is 24.2 Å². The van der Waals surface area contributed by atoms with Crippen molar-refractivity contribution in [3.05, 3.63) is 38.4 Å². The van der Waals surface area contributed by atoms with Crippen molar-refractivity contribution in [3.63, 3.8) is 0 Å². The van der Waals surface area contributed by atoms with Crippen LogP contribution in [0.15, 0.2) is 18.2 Å². The first-order valence-corrected chi connectivity index (χ1v) is 5.37. The highest BCUT2D eigenvalue weighted by Gasteiger charge is 2.17. The van der Waals surface area contributed by atoms with E-state index in [0.717, 1.165) is 6.07 Å². The normalized spacial score (nSPS) is 10.5. The lowest BCUT2D eigenvalue weighted by atomic mass is 9.97. The van der Waals surface area contributed by atoms with Gasteiger partial charge in [0.25, 0.3) is 11.4 Å². The van der Waals surface area contributed by atoms with Crippen LogP contribution in [0.5, 0.6) is 0 Å². The van der Waals surface area contributed by atoms with Gasteiger partial charge in [-0.1, -0.05) is 28.2 Å². The van der Waals surface area contributed by atoms with Gasteiger partial charge in [-0.2, -0.15) is 0 Å². The predicted octanol–water partition coefficient (Wildman–Crippen LogP) is 3.60. The van der Waals surface area contributed by atoms with Gasteiger partial charge in [0, 0.05) is 24.4 Å². The molecule has 0 saturated carbocycles. The zero-order chi connectivity index (χ0) is 13.9. The lowest BCUT2D eigenvalue weighted by Crippen LogP contribution is -2.19. The average Bonchev–Trinajstić information content (AvgIpc) is 2.25. The summed E-state index contributed by atoms with van der Waals surface area (Å²) in [5.41, 5.74) is -0.230. The molecule has 0 bridgehead atoms. The van der Waals surface area contributed by atoms with Crippen LogP contribution in [-0.2, 0) is 0 Å². The lowest BCUT2D eigenvalue weighted by molar-refractivity contribution is -0.394. The third-order valence-corrected chi connectivity index (χ3v) is 2.15. The molecule has 0 heterocycles. The van der Waals surface area contributed by atoms with Crippen LogP contribution in [0.2, 0.25) is 0 Å². The van der Waals surface area contributed by atoms with Gasteiger partial charge < -0.3 is 5.32 Å². The minimum atomic E-state index is -0.644. The number of hydrogen-bond acceptors (Lipinski definition) is 5. The van der Waals surface area contributed by atoms with Gasteiger partial charge in [0.05, 0.1) is 15.9 Å². The molecule has 0 aliphatic carbocycles. The van der Waals surface area contributed by atoms with Gasteiger partial charge in [-0.05, 0) is 5.41 Å². The van der Waals surface area contributed by atoms with Crippen LogP contribution >= 0.6 is 0 Å². The summed E-state index contributed by atoms with van der Waals surface area (Å²) in [5.74, 6) is 0. The van der Waals surface area contributed by atoms with Gasteiger partial charge in [-0.3, -0.25) is 20.2 Å². The lowest BCUT2D eigenvalue weighted by Gasteiger charge is -2.19. The second-order valence-electron chi connectivity index (χ2n) is 5.17. The van der Waals surface area contributed by atoms with Crippen molar-refractivity contribution in [2.75, 3.05) is 11.9 Å². The molecule has 0 unspecified atom stereocenters. The van der Waals surface area contributed by atoms with E-state index in [0.29, 0.717) is 12.2 Å². The van der Waals surface area contributed by atoms with Gasteiger partial charge in [-0.25, -0.2) is 0 Å². The number of nitrogens with one attached hydrogen (secondary N) is 1. The second kappa shape index (κ2) is 6.12. The monoisotopic (exact) mass is 269 g/mol. The molecule has 0 atom stereocenters. The van der Waals surface area contributed by atoms with E-state index in [1.54, 1.807) is 0 Å². The molecule has 7 heteroatoms. The number of non-ortho nitro benzene ring substituents is 2. The standard InChI is InChI=1S/C11H15N3O4.CH4/c1-11(2,3)7-12-8-4-9(13(15)16)6-10(5-8)14(17)18;/h4-6,12H,7H2,1-3H3;1H4. The third kappa shape index (κ3) is 5.33. The van der Waals surface area contributed by atoms with Crippen LogP contribution in [0.25, 0.3) is 0 Å². The largest absolute Gasteiger partial charge is 0.384 e. The molecule has 0 radical (unpaired) electrons. The highest BCUT2D eigenvalue weighted by Crippen LogP contribution is 2.26. The van der Waals surface area contributed by atoms with Crippen LogP contribution in [0, 0.1) is 25.6 Å². The Labute approximate surface area is 111 Å². The Balaban J connectivity index is 0.00000324. The molecule has 0 saturated heterocycles. The molecule has 0 aliphatic rings. The number of benzene rings is 1. The van der Waals surface area contributed by atoms with Crippen molar-refractivity contribution < 1.29 is 9.85 Å². The van der Waals surface area contributed by atoms with Crippen molar-refractivity contribution in [2.45, 2.75) is 28.2 Å². The Morgan fingerprint density at radius 3 is 1.79 bits per heavy atom. The Kier molecular flexibility index (Phi) is 5.42. The van der Waals surface area contributed by atoms with Gasteiger partial charge >= 0.3 is 0 Å². The quantitative estimate of drug-likeness (QED) is 0.665. The molecule has 0 amide bonds. The first kappa shape index (κ1) is 16.8. The fraction of sp³-hybridized carbons (Fsp3) is 0.500. The fourth-order valence-electron chi connectivity index (χ4n) is 1.28. The van der Waals surface area contributed by atoms with Crippen molar-refractivity contribution in [3.8, 4) is 0 Å². The summed E-state index contributed by atoms with van der Waals surface area (Å²) in [7, 11) is 0. The molecule has 1 aromatic rings. The third-order valence-electron chi connectivity index (χ3n) is 2.15. The average molecular weight is 269 g/mol. The fourth-order valence-corrected chi connectivity index (χ4v) is 1.28. The summed E-state index contributed by atoms with van der Waals surface area (Å²) in [4.78, 5) is 20.1. The maximum Gasteiger partial charge on any atom is 0.278 e. The van der Waals surface area contributed by atoms with Crippen molar-refractivity contribution >= 4 is 17.1 Å². The molecule has 1 aromatic carbocycles. The number of nitrogens with zero attached hydrogens (tertiary/aromatic N) is 2. The summed E-state index contributed by atoms with van der Waals surface area (Å²) >= 11 is 0. The second-order valence-corrected chi connectivity index (χ2v) is 5.17. The van der Waals surface area contributed by atoms with Crippen molar-refractivity contribution in [1.82, 2.24) is 0 Å². The molecule has 0 spiro atoms. The highest BCUT2D eigenvalue weighted by atomic mass is 16.6. The van der Waals surface area contributed by atoms with E-state index in [4.69, 9.17) is 0 Å². The summed E-state index contributed by atoms with van der Waals surface area (Å²) in [6, 6.07) is 3.53. The highest BCUT2D eigenvalue weighted by molar-refractivity contribution is 5.58. The maximum absolute atomic E-state index is 10.7. The van der Waals surface area contributed by atoms with Crippen LogP contribution in [0.3, 0.4) is 0 Å². The van der Waals surface area contributed by atoms with Gasteiger partial charge in [0.15, 0.2) is 0 Å². The van der Waals surface area contributed by atoms with Gasteiger partial charge in [-0.15, -0.1) is 0 Å². The van der Waals surface area contributed by atoms with E-state index >= 15 is 0 Å². The molecular weight excluding hydrogens is 250 g/mol. The Bertz CT molecular complexity index is 448. The SMILES string of the molecule is C.CC(C)(C)CNc1cc([N+](=O)[O-])cc([N+](=O)[O-])c1. The zero-order valence-electron chi connectivity index (χ0n) is 10.5. The molecule has 106 valence electrons. The van der Waals surface area contributed by atoms with Gasteiger partial charge in [0.1, 0.15) is 0 Å². The predicted molar refractivity (Wildman–Crippen MR) is 74.4 cm³/mol. The first-order valence-electron chi connectivity index (χ1n) is 5.37. The van der Waals surface area contributed by atoms with E-state index < -0.39 is 9.85 Å². The van der Waals surface area contributed by atoms with Gasteiger partial charge in [0.2, 0.25) is 0 Å². The zero-order valence-corrected chi connectivity index (χ0v) is 10.5. The Morgan fingerprint density at radius 1 is 1.05 bits per heavy atom. The Morgan fingerprint density at radius 2 is 1.47 bits per heavy atom. The van der Waals surface area contributed by atoms with Crippen molar-refractivity contribution in [2.24, 2.45) is 5.41 Å². The summed E-state index contributed by atoms with van der Waals surface area (Å²) in [6.45, 7) is 6.54. The van der Waals surface area contributed by atoms with E-state index in [2.05, 4.69) is 5.32 Å². The van der Waals surface area contributed by atoms with Crippen LogP contribution in [0.4, 0.5) is 17.1 Å².